The van der Waals surface area contributed by atoms with Crippen molar-refractivity contribution in [2.24, 2.45) is 5.41 Å². The number of hydrogen-bond donors (Lipinski definition) is 2. The normalized spacial score (nSPS) is 32.1. The Morgan fingerprint density at radius 3 is 3.00 bits per heavy atom. The Hall–Kier alpha value is -1.36. The van der Waals surface area contributed by atoms with E-state index in [1.165, 1.54) is 0 Å². The van der Waals surface area contributed by atoms with Gasteiger partial charge in [0, 0.05) is 24.7 Å². The predicted molar refractivity (Wildman–Crippen MR) is 66.0 cm³/mol. The first kappa shape index (κ1) is 11.7. The maximum atomic E-state index is 12.3. The summed E-state index contributed by atoms with van der Waals surface area (Å²) < 4.78 is 0. The van der Waals surface area contributed by atoms with Crippen LogP contribution in [-0.4, -0.2) is 45.3 Å². The first-order valence-electron chi connectivity index (χ1n) is 6.67. The third-order valence-electron chi connectivity index (χ3n) is 4.50. The Kier molecular flexibility index (Phi) is 2.86. The van der Waals surface area contributed by atoms with Gasteiger partial charge in [-0.1, -0.05) is 6.42 Å². The molecular weight excluding hydrogens is 230 g/mol. The number of hydrogen-bond acceptors (Lipinski definition) is 3. The van der Waals surface area contributed by atoms with Crippen LogP contribution in [-0.2, 0) is 0 Å². The van der Waals surface area contributed by atoms with E-state index in [9.17, 15) is 9.90 Å². The van der Waals surface area contributed by atoms with Gasteiger partial charge in [0.15, 0.2) is 0 Å². The van der Waals surface area contributed by atoms with Crippen molar-refractivity contribution in [1.29, 1.82) is 0 Å². The molecule has 1 spiro atoms. The van der Waals surface area contributed by atoms with E-state index in [-0.39, 0.29) is 17.4 Å². The van der Waals surface area contributed by atoms with Crippen LogP contribution in [0.1, 0.15) is 42.5 Å². The molecule has 2 atom stereocenters. The Bertz CT molecular complexity index is 431. The number of carbonyl (C=O) groups is 1. The maximum Gasteiger partial charge on any atom is 0.257 e. The molecule has 0 unspecified atom stereocenters. The zero-order chi connectivity index (χ0) is 12.6. The van der Waals surface area contributed by atoms with Gasteiger partial charge in [-0.2, -0.15) is 5.10 Å². The number of carbonyl (C=O) groups excluding carboxylic acids is 1. The summed E-state index contributed by atoms with van der Waals surface area (Å²) >= 11 is 0. The molecule has 2 aliphatic rings. The van der Waals surface area contributed by atoms with Crippen molar-refractivity contribution >= 4 is 5.91 Å². The topological polar surface area (TPSA) is 69.2 Å². The molecule has 5 nitrogen and oxygen atoms in total. The quantitative estimate of drug-likeness (QED) is 0.785. The van der Waals surface area contributed by atoms with Gasteiger partial charge in [0.1, 0.15) is 0 Å². The predicted octanol–water partition coefficient (Wildman–Crippen LogP) is 1.18. The molecule has 1 saturated carbocycles. The summed E-state index contributed by atoms with van der Waals surface area (Å²) in [6, 6.07) is 0. The third kappa shape index (κ3) is 1.82. The van der Waals surface area contributed by atoms with Gasteiger partial charge in [-0.05, 0) is 25.7 Å². The number of aromatic nitrogens is 2. The Morgan fingerprint density at radius 1 is 1.50 bits per heavy atom. The Labute approximate surface area is 106 Å². The van der Waals surface area contributed by atoms with E-state index in [1.54, 1.807) is 12.4 Å². The van der Waals surface area contributed by atoms with Gasteiger partial charge in [0.2, 0.25) is 0 Å². The van der Waals surface area contributed by atoms with E-state index in [0.717, 1.165) is 38.6 Å². The lowest BCUT2D eigenvalue weighted by molar-refractivity contribution is -0.00535. The molecule has 0 radical (unpaired) electrons. The molecule has 0 aromatic carbocycles. The van der Waals surface area contributed by atoms with E-state index in [1.807, 2.05) is 4.90 Å². The molecule has 2 N–H and O–H groups in total. The molecule has 2 fully saturated rings. The number of nitrogens with one attached hydrogen (secondary N) is 1. The second kappa shape index (κ2) is 4.39. The molecule has 5 heteroatoms. The van der Waals surface area contributed by atoms with E-state index < -0.39 is 0 Å². The van der Waals surface area contributed by atoms with Crippen molar-refractivity contribution in [1.82, 2.24) is 15.1 Å². The number of piperidine rings is 1. The zero-order valence-electron chi connectivity index (χ0n) is 10.4. The molecule has 18 heavy (non-hydrogen) atoms. The monoisotopic (exact) mass is 249 g/mol. The number of aliphatic hydroxyl groups is 1. The van der Waals surface area contributed by atoms with Crippen molar-refractivity contribution < 1.29 is 9.90 Å². The highest BCUT2D eigenvalue weighted by Gasteiger charge is 2.45. The molecule has 1 aromatic rings. The maximum absolute atomic E-state index is 12.3. The zero-order valence-corrected chi connectivity index (χ0v) is 10.4. The molecule has 3 rings (SSSR count). The fraction of sp³-hybridized carbons (Fsp3) is 0.692. The average molecular weight is 249 g/mol. The van der Waals surface area contributed by atoms with Gasteiger partial charge in [-0.25, -0.2) is 0 Å². The number of rotatable bonds is 1. The lowest BCUT2D eigenvalue weighted by atomic mass is 9.76. The van der Waals surface area contributed by atoms with Crippen LogP contribution < -0.4 is 0 Å². The number of amides is 1. The second-order valence-corrected chi connectivity index (χ2v) is 5.59. The highest BCUT2D eigenvalue weighted by Crippen LogP contribution is 2.45. The van der Waals surface area contributed by atoms with Gasteiger partial charge in [-0.15, -0.1) is 0 Å². The van der Waals surface area contributed by atoms with E-state index in [4.69, 9.17) is 0 Å². The first-order valence-corrected chi connectivity index (χ1v) is 6.67. The highest BCUT2D eigenvalue weighted by molar-refractivity contribution is 5.93. The fourth-order valence-corrected chi connectivity index (χ4v) is 3.48. The molecule has 1 aliphatic carbocycles. The van der Waals surface area contributed by atoms with Gasteiger partial charge in [0.25, 0.3) is 5.91 Å². The number of aliphatic hydroxyl groups excluding tert-OH is 1. The van der Waals surface area contributed by atoms with E-state index >= 15 is 0 Å². The average Bonchev–Trinajstić information content (AvgIpc) is 3.01. The summed E-state index contributed by atoms with van der Waals surface area (Å²) in [7, 11) is 0. The lowest BCUT2D eigenvalue weighted by Gasteiger charge is -2.42. The molecule has 1 aromatic heterocycles. The minimum Gasteiger partial charge on any atom is -0.392 e. The summed E-state index contributed by atoms with van der Waals surface area (Å²) in [5.41, 5.74) is 0.567. The number of nitrogens with zero attached hydrogens (tertiary/aromatic N) is 2. The molecule has 1 saturated heterocycles. The van der Waals surface area contributed by atoms with Crippen LogP contribution in [0.2, 0.25) is 0 Å². The smallest absolute Gasteiger partial charge is 0.257 e. The highest BCUT2D eigenvalue weighted by atomic mass is 16.3. The minimum absolute atomic E-state index is 0.0296. The van der Waals surface area contributed by atoms with Gasteiger partial charge in [-0.3, -0.25) is 9.89 Å². The third-order valence-corrected chi connectivity index (χ3v) is 4.50. The summed E-state index contributed by atoms with van der Waals surface area (Å²) in [6.45, 7) is 1.48. The van der Waals surface area contributed by atoms with E-state index in [0.29, 0.717) is 12.1 Å². The van der Waals surface area contributed by atoms with Crippen molar-refractivity contribution in [2.75, 3.05) is 13.1 Å². The SMILES string of the molecule is O=C(c1cn[nH]c1)N1CCC[C@@]2(CCC[C@H]2O)C1. The van der Waals surface area contributed by atoms with Crippen LogP contribution in [0.4, 0.5) is 0 Å². The first-order chi connectivity index (χ1) is 8.71. The number of likely N-dealkylation sites (tertiary alicyclic amines) is 1. The van der Waals surface area contributed by atoms with Crippen LogP contribution in [0, 0.1) is 5.41 Å². The van der Waals surface area contributed by atoms with Gasteiger partial charge >= 0.3 is 0 Å². The fourth-order valence-electron chi connectivity index (χ4n) is 3.48. The second-order valence-electron chi connectivity index (χ2n) is 5.59. The number of H-pyrrole nitrogens is 1. The molecule has 98 valence electrons. The lowest BCUT2D eigenvalue weighted by Crippen LogP contribution is -2.49. The summed E-state index contributed by atoms with van der Waals surface area (Å²) in [6.07, 6.45) is 8.00. The van der Waals surface area contributed by atoms with Gasteiger partial charge in [0.05, 0.1) is 17.9 Å². The van der Waals surface area contributed by atoms with Crippen LogP contribution in [0.5, 0.6) is 0 Å². The molecular formula is C13H19N3O2. The summed E-state index contributed by atoms with van der Waals surface area (Å²) in [4.78, 5) is 14.2. The molecule has 1 amide bonds. The van der Waals surface area contributed by atoms with Crippen molar-refractivity contribution in [3.05, 3.63) is 18.0 Å². The largest absolute Gasteiger partial charge is 0.392 e. The summed E-state index contributed by atoms with van der Waals surface area (Å²) in [5.74, 6) is 0.0296. The Balaban J connectivity index is 1.76. The van der Waals surface area contributed by atoms with E-state index in [2.05, 4.69) is 10.2 Å². The standard InChI is InChI=1S/C13H19N3O2/c17-11-3-1-4-13(11)5-2-6-16(9-13)12(18)10-7-14-15-8-10/h7-8,11,17H,1-6,9H2,(H,14,15)/t11-,13+/m1/s1. The molecule has 1 aliphatic heterocycles. The van der Waals surface area contributed by atoms with Gasteiger partial charge < -0.3 is 10.0 Å². The van der Waals surface area contributed by atoms with Crippen molar-refractivity contribution in [3.63, 3.8) is 0 Å². The van der Waals surface area contributed by atoms with Crippen LogP contribution in [0.25, 0.3) is 0 Å². The summed E-state index contributed by atoms with van der Waals surface area (Å²) in [5, 5.41) is 16.7. The Morgan fingerprint density at radius 2 is 2.33 bits per heavy atom. The molecule has 0 bridgehead atoms. The van der Waals surface area contributed by atoms with Crippen molar-refractivity contribution in [2.45, 2.75) is 38.2 Å². The van der Waals surface area contributed by atoms with Crippen LogP contribution in [0.3, 0.4) is 0 Å². The van der Waals surface area contributed by atoms with Crippen LogP contribution >= 0.6 is 0 Å². The van der Waals surface area contributed by atoms with Crippen LogP contribution in [0.15, 0.2) is 12.4 Å². The van der Waals surface area contributed by atoms with Crippen molar-refractivity contribution in [3.8, 4) is 0 Å². The minimum atomic E-state index is -0.238. The number of aromatic amines is 1. The molecule has 2 heterocycles.